The van der Waals surface area contributed by atoms with Crippen LogP contribution in [0, 0.1) is 5.82 Å². The molecule has 118 valence electrons. The van der Waals surface area contributed by atoms with Crippen molar-refractivity contribution in [2.75, 3.05) is 5.75 Å². The number of carbonyl (C=O) groups excluding carboxylic acids is 1. The van der Waals surface area contributed by atoms with E-state index >= 15 is 0 Å². The van der Waals surface area contributed by atoms with Crippen LogP contribution in [-0.4, -0.2) is 16.6 Å². The van der Waals surface area contributed by atoms with E-state index in [2.05, 4.69) is 10.3 Å². The summed E-state index contributed by atoms with van der Waals surface area (Å²) in [4.78, 5) is 16.3. The number of fused-ring (bicyclic) bond motifs is 1. The molecule has 0 radical (unpaired) electrons. The number of hydrogen-bond donors (Lipinski definition) is 1. The van der Waals surface area contributed by atoms with Gasteiger partial charge in [0.05, 0.1) is 11.8 Å². The first-order chi connectivity index (χ1) is 11.1. The Morgan fingerprint density at radius 1 is 1.26 bits per heavy atom. The van der Waals surface area contributed by atoms with Gasteiger partial charge in [-0.1, -0.05) is 36.0 Å². The fourth-order valence-corrected chi connectivity index (χ4v) is 2.81. The van der Waals surface area contributed by atoms with Gasteiger partial charge in [0.15, 0.2) is 5.58 Å². The molecular formula is C17H15FN2O2S. The summed E-state index contributed by atoms with van der Waals surface area (Å²) in [6.07, 6.45) is 0. The minimum absolute atomic E-state index is 0.130. The summed E-state index contributed by atoms with van der Waals surface area (Å²) < 4.78 is 18.5. The molecule has 6 heteroatoms. The van der Waals surface area contributed by atoms with Crippen LogP contribution < -0.4 is 5.32 Å². The van der Waals surface area contributed by atoms with E-state index in [1.807, 2.05) is 31.2 Å². The molecule has 0 bridgehead atoms. The van der Waals surface area contributed by atoms with Crippen LogP contribution in [-0.2, 0) is 4.79 Å². The van der Waals surface area contributed by atoms with Gasteiger partial charge in [-0.05, 0) is 36.8 Å². The maximum Gasteiger partial charge on any atom is 0.257 e. The number of rotatable bonds is 5. The second-order valence-electron chi connectivity index (χ2n) is 5.08. The van der Waals surface area contributed by atoms with E-state index in [1.54, 1.807) is 12.1 Å². The molecule has 0 saturated heterocycles. The highest BCUT2D eigenvalue weighted by atomic mass is 32.2. The first kappa shape index (κ1) is 15.6. The molecule has 2 aromatic carbocycles. The molecule has 23 heavy (non-hydrogen) atoms. The van der Waals surface area contributed by atoms with Crippen molar-refractivity contribution in [3.8, 4) is 0 Å². The number of aromatic nitrogens is 1. The third-order valence-electron chi connectivity index (χ3n) is 3.35. The summed E-state index contributed by atoms with van der Waals surface area (Å²) in [5.41, 5.74) is 2.33. The van der Waals surface area contributed by atoms with E-state index in [-0.39, 0.29) is 23.5 Å². The van der Waals surface area contributed by atoms with Gasteiger partial charge in [0.1, 0.15) is 11.3 Å². The Labute approximate surface area is 137 Å². The van der Waals surface area contributed by atoms with Crippen molar-refractivity contribution in [1.29, 1.82) is 0 Å². The van der Waals surface area contributed by atoms with Gasteiger partial charge < -0.3 is 9.73 Å². The Bertz CT molecular complexity index is 784. The highest BCUT2D eigenvalue weighted by Gasteiger charge is 2.12. The molecule has 1 N–H and O–H groups in total. The van der Waals surface area contributed by atoms with Crippen LogP contribution in [0.5, 0.6) is 0 Å². The molecule has 0 aliphatic heterocycles. The van der Waals surface area contributed by atoms with Gasteiger partial charge in [-0.2, -0.15) is 0 Å². The van der Waals surface area contributed by atoms with E-state index in [9.17, 15) is 9.18 Å². The smallest absolute Gasteiger partial charge is 0.257 e. The zero-order valence-electron chi connectivity index (χ0n) is 12.5. The van der Waals surface area contributed by atoms with E-state index in [0.717, 1.165) is 11.1 Å². The average molecular weight is 330 g/mol. The topological polar surface area (TPSA) is 55.1 Å². The van der Waals surface area contributed by atoms with Crippen LogP contribution in [0.25, 0.3) is 11.1 Å². The predicted molar refractivity (Wildman–Crippen MR) is 87.7 cm³/mol. The number of hydrogen-bond acceptors (Lipinski definition) is 4. The molecule has 0 unspecified atom stereocenters. The van der Waals surface area contributed by atoms with Crippen molar-refractivity contribution in [2.24, 2.45) is 0 Å². The minimum Gasteiger partial charge on any atom is -0.431 e. The summed E-state index contributed by atoms with van der Waals surface area (Å²) in [5.74, 6) is -0.217. The Morgan fingerprint density at radius 2 is 2.00 bits per heavy atom. The van der Waals surface area contributed by atoms with Gasteiger partial charge in [-0.15, -0.1) is 0 Å². The molecule has 1 heterocycles. The second-order valence-corrected chi connectivity index (χ2v) is 6.00. The summed E-state index contributed by atoms with van der Waals surface area (Å²) in [6.45, 7) is 1.86. The maximum atomic E-state index is 12.9. The zero-order chi connectivity index (χ0) is 16.2. The monoisotopic (exact) mass is 330 g/mol. The molecule has 0 aliphatic carbocycles. The number of oxazole rings is 1. The lowest BCUT2D eigenvalue weighted by Crippen LogP contribution is -2.28. The Morgan fingerprint density at radius 3 is 2.74 bits per heavy atom. The molecule has 3 aromatic rings. The summed E-state index contributed by atoms with van der Waals surface area (Å²) in [5, 5.41) is 3.34. The van der Waals surface area contributed by atoms with Gasteiger partial charge in [0.2, 0.25) is 5.91 Å². The van der Waals surface area contributed by atoms with Crippen molar-refractivity contribution >= 4 is 28.8 Å². The fourth-order valence-electron chi connectivity index (χ4n) is 2.16. The third kappa shape index (κ3) is 3.90. The number of carbonyl (C=O) groups is 1. The van der Waals surface area contributed by atoms with Gasteiger partial charge in [0, 0.05) is 0 Å². The van der Waals surface area contributed by atoms with Crippen LogP contribution in [0.3, 0.4) is 0 Å². The largest absolute Gasteiger partial charge is 0.431 e. The number of nitrogens with zero attached hydrogens (tertiary/aromatic N) is 1. The van der Waals surface area contributed by atoms with Gasteiger partial charge in [-0.25, -0.2) is 9.37 Å². The van der Waals surface area contributed by atoms with Crippen molar-refractivity contribution in [3.63, 3.8) is 0 Å². The van der Waals surface area contributed by atoms with E-state index < -0.39 is 0 Å². The molecule has 3 rings (SSSR count). The molecule has 0 fully saturated rings. The molecule has 4 nitrogen and oxygen atoms in total. The van der Waals surface area contributed by atoms with E-state index in [4.69, 9.17) is 4.42 Å². The molecule has 1 aromatic heterocycles. The van der Waals surface area contributed by atoms with Crippen LogP contribution in [0.1, 0.15) is 18.5 Å². The lowest BCUT2D eigenvalue weighted by Gasteiger charge is -2.13. The van der Waals surface area contributed by atoms with Crippen LogP contribution in [0.4, 0.5) is 4.39 Å². The Hall–Kier alpha value is -2.34. The highest BCUT2D eigenvalue weighted by Crippen LogP contribution is 2.23. The average Bonchev–Trinajstić information content (AvgIpc) is 2.96. The molecular weight excluding hydrogens is 315 g/mol. The molecule has 0 spiro atoms. The Balaban J connectivity index is 1.55. The summed E-state index contributed by atoms with van der Waals surface area (Å²) in [6, 6.07) is 13.4. The maximum absolute atomic E-state index is 12.9. The number of para-hydroxylation sites is 2. The lowest BCUT2D eigenvalue weighted by molar-refractivity contribution is -0.119. The summed E-state index contributed by atoms with van der Waals surface area (Å²) >= 11 is 1.24. The minimum atomic E-state index is -0.293. The molecule has 0 aliphatic rings. The third-order valence-corrected chi connectivity index (χ3v) is 4.18. The number of benzene rings is 2. The number of halogens is 1. The van der Waals surface area contributed by atoms with Crippen molar-refractivity contribution in [2.45, 2.75) is 18.2 Å². The van der Waals surface area contributed by atoms with Crippen LogP contribution in [0.15, 0.2) is 58.2 Å². The second kappa shape index (κ2) is 6.83. The van der Waals surface area contributed by atoms with E-state index in [0.29, 0.717) is 10.8 Å². The standard InChI is InChI=1S/C17H15FN2O2S/c1-11(12-6-8-13(18)9-7-12)19-16(21)10-23-17-20-14-4-2-3-5-15(14)22-17/h2-9,11H,10H2,1H3,(H,19,21)/t11-/m0/s1. The fraction of sp³-hybridized carbons (Fsp3) is 0.176. The lowest BCUT2D eigenvalue weighted by atomic mass is 10.1. The van der Waals surface area contributed by atoms with Gasteiger partial charge in [-0.3, -0.25) is 4.79 Å². The van der Waals surface area contributed by atoms with Gasteiger partial charge >= 0.3 is 0 Å². The van der Waals surface area contributed by atoms with Crippen LogP contribution >= 0.6 is 11.8 Å². The van der Waals surface area contributed by atoms with E-state index in [1.165, 1.54) is 23.9 Å². The van der Waals surface area contributed by atoms with Crippen LogP contribution in [0.2, 0.25) is 0 Å². The zero-order valence-corrected chi connectivity index (χ0v) is 13.3. The van der Waals surface area contributed by atoms with Gasteiger partial charge in [0.25, 0.3) is 5.22 Å². The Kier molecular flexibility index (Phi) is 4.62. The number of amides is 1. The highest BCUT2D eigenvalue weighted by molar-refractivity contribution is 7.99. The van der Waals surface area contributed by atoms with Crippen molar-refractivity contribution < 1.29 is 13.6 Å². The number of nitrogens with one attached hydrogen (secondary N) is 1. The summed E-state index contributed by atoms with van der Waals surface area (Å²) in [7, 11) is 0. The normalized spacial score (nSPS) is 12.3. The van der Waals surface area contributed by atoms with Crippen molar-refractivity contribution in [3.05, 3.63) is 59.9 Å². The quantitative estimate of drug-likeness (QED) is 0.720. The first-order valence-electron chi connectivity index (χ1n) is 7.15. The molecule has 1 atom stereocenters. The van der Waals surface area contributed by atoms with Crippen molar-refractivity contribution in [1.82, 2.24) is 10.3 Å². The first-order valence-corrected chi connectivity index (χ1v) is 8.13. The molecule has 1 amide bonds. The SMILES string of the molecule is C[C@H](NC(=O)CSc1nc2ccccc2o1)c1ccc(F)cc1. The number of thioether (sulfide) groups is 1. The molecule has 0 saturated carbocycles. The predicted octanol–water partition coefficient (Wildman–Crippen LogP) is 3.94.